The van der Waals surface area contributed by atoms with E-state index in [1.165, 1.54) is 6.08 Å². The van der Waals surface area contributed by atoms with Crippen LogP contribution in [-0.4, -0.2) is 29.0 Å². The Morgan fingerprint density at radius 1 is 1.17 bits per heavy atom. The van der Waals surface area contributed by atoms with Crippen molar-refractivity contribution in [1.29, 1.82) is 0 Å². The van der Waals surface area contributed by atoms with Crippen LogP contribution in [-0.2, 0) is 11.3 Å². The first-order valence-corrected chi connectivity index (χ1v) is 7.53. The summed E-state index contributed by atoms with van der Waals surface area (Å²) in [6.45, 7) is 0.640. The number of nitrogens with zero attached hydrogens (tertiary/aromatic N) is 3. The number of imide groups is 1. The number of halogens is 1. The molecule has 3 rings (SSSR count). The topological polar surface area (TPSA) is 87.2 Å². The molecule has 1 aromatic carbocycles. The summed E-state index contributed by atoms with van der Waals surface area (Å²) in [5.74, 6) is 0.101. The van der Waals surface area contributed by atoms with Crippen molar-refractivity contribution in [3.05, 3.63) is 58.6 Å². The highest BCUT2D eigenvalue weighted by Gasteiger charge is 2.23. The number of urea groups is 1. The van der Waals surface area contributed by atoms with Gasteiger partial charge >= 0.3 is 6.03 Å². The third-order valence-electron chi connectivity index (χ3n) is 3.37. The summed E-state index contributed by atoms with van der Waals surface area (Å²) >= 11 is 5.98. The minimum absolute atomic E-state index is 0.0593. The molecule has 2 heterocycles. The van der Waals surface area contributed by atoms with Crippen LogP contribution in [0.5, 0.6) is 0 Å². The maximum Gasteiger partial charge on any atom is 0.326 e. The smallest absolute Gasteiger partial charge is 0.326 e. The molecule has 8 heteroatoms. The lowest BCUT2D eigenvalue weighted by atomic mass is 10.2. The third kappa shape index (κ3) is 3.69. The molecular weight excluding hydrogens is 330 g/mol. The molecule has 122 valence electrons. The Balaban J connectivity index is 1.85. The molecule has 7 nitrogen and oxygen atoms in total. The molecule has 2 N–H and O–H groups in total. The first-order valence-electron chi connectivity index (χ1n) is 7.15. The minimum Gasteiger partial charge on any atom is -0.355 e. The van der Waals surface area contributed by atoms with Crippen molar-refractivity contribution in [3.63, 3.8) is 0 Å². The van der Waals surface area contributed by atoms with E-state index in [0.717, 1.165) is 5.56 Å². The van der Waals surface area contributed by atoms with Gasteiger partial charge in [0.15, 0.2) is 0 Å². The van der Waals surface area contributed by atoms with Gasteiger partial charge in [-0.1, -0.05) is 30.3 Å². The van der Waals surface area contributed by atoms with Crippen molar-refractivity contribution in [1.82, 2.24) is 20.6 Å². The van der Waals surface area contributed by atoms with Crippen LogP contribution < -0.4 is 15.5 Å². The Morgan fingerprint density at radius 2 is 1.92 bits per heavy atom. The fourth-order valence-corrected chi connectivity index (χ4v) is 2.45. The summed E-state index contributed by atoms with van der Waals surface area (Å²) in [6.07, 6.45) is 1.45. The normalized spacial score (nSPS) is 15.3. The van der Waals surface area contributed by atoms with E-state index < -0.39 is 11.9 Å². The monoisotopic (exact) mass is 343 g/mol. The number of rotatable bonds is 4. The van der Waals surface area contributed by atoms with E-state index >= 15 is 0 Å². The van der Waals surface area contributed by atoms with E-state index in [0.29, 0.717) is 18.1 Å². The molecule has 3 amide bonds. The molecule has 1 aromatic heterocycles. The van der Waals surface area contributed by atoms with Gasteiger partial charge in [0.05, 0.1) is 5.69 Å². The van der Waals surface area contributed by atoms with Gasteiger partial charge < -0.3 is 10.2 Å². The van der Waals surface area contributed by atoms with Crippen LogP contribution in [0, 0.1) is 0 Å². The fourth-order valence-electron chi connectivity index (χ4n) is 2.26. The molecule has 0 atom stereocenters. The molecule has 1 fully saturated rings. The van der Waals surface area contributed by atoms with E-state index in [1.54, 1.807) is 6.07 Å². The van der Waals surface area contributed by atoms with Crippen LogP contribution in [0.15, 0.2) is 42.1 Å². The predicted molar refractivity (Wildman–Crippen MR) is 90.2 cm³/mol. The molecule has 1 aliphatic heterocycles. The lowest BCUT2D eigenvalue weighted by molar-refractivity contribution is -0.115. The van der Waals surface area contributed by atoms with Gasteiger partial charge in [0.1, 0.15) is 11.5 Å². The van der Waals surface area contributed by atoms with Crippen LogP contribution >= 0.6 is 11.6 Å². The lowest BCUT2D eigenvalue weighted by Crippen LogP contribution is -2.22. The number of aromatic nitrogens is 2. The molecule has 1 aliphatic rings. The molecule has 0 unspecified atom stereocenters. The molecule has 0 saturated carbocycles. The number of carbonyl (C=O) groups is 2. The number of hydrogen-bond donors (Lipinski definition) is 2. The molecule has 24 heavy (non-hydrogen) atoms. The van der Waals surface area contributed by atoms with Gasteiger partial charge in [-0.3, -0.25) is 10.1 Å². The van der Waals surface area contributed by atoms with E-state index in [9.17, 15) is 9.59 Å². The van der Waals surface area contributed by atoms with E-state index in [4.69, 9.17) is 11.6 Å². The molecule has 0 spiro atoms. The number of hydrogen-bond acceptors (Lipinski definition) is 5. The summed E-state index contributed by atoms with van der Waals surface area (Å²) in [7, 11) is 1.88. The average Bonchev–Trinajstić information content (AvgIpc) is 2.85. The molecule has 1 saturated heterocycles. The molecule has 0 radical (unpaired) electrons. The molecule has 0 bridgehead atoms. The Kier molecular flexibility index (Phi) is 4.43. The zero-order valence-electron chi connectivity index (χ0n) is 12.8. The quantitative estimate of drug-likeness (QED) is 0.503. The highest BCUT2D eigenvalue weighted by molar-refractivity contribution is 6.28. The van der Waals surface area contributed by atoms with Crippen LogP contribution in [0.4, 0.5) is 10.6 Å². The zero-order chi connectivity index (χ0) is 17.1. The Labute approximate surface area is 143 Å². The van der Waals surface area contributed by atoms with Crippen LogP contribution in [0.2, 0.25) is 5.28 Å². The van der Waals surface area contributed by atoms with Crippen LogP contribution in [0.25, 0.3) is 6.08 Å². The van der Waals surface area contributed by atoms with Crippen molar-refractivity contribution in [2.45, 2.75) is 6.54 Å². The molecule has 2 aromatic rings. The maximum atomic E-state index is 11.6. The summed E-state index contributed by atoms with van der Waals surface area (Å²) < 4.78 is 0. The average molecular weight is 344 g/mol. The largest absolute Gasteiger partial charge is 0.355 e. The second kappa shape index (κ2) is 6.67. The summed E-state index contributed by atoms with van der Waals surface area (Å²) in [5.41, 5.74) is 1.67. The van der Waals surface area contributed by atoms with Gasteiger partial charge in [-0.2, -0.15) is 0 Å². The van der Waals surface area contributed by atoms with Gasteiger partial charge in [-0.25, -0.2) is 14.8 Å². The number of carbonyl (C=O) groups excluding carboxylic acids is 2. The Morgan fingerprint density at radius 3 is 2.58 bits per heavy atom. The van der Waals surface area contributed by atoms with Crippen LogP contribution in [0.1, 0.15) is 11.3 Å². The summed E-state index contributed by atoms with van der Waals surface area (Å²) in [6, 6.07) is 11.0. The number of nitrogens with one attached hydrogen (secondary N) is 2. The predicted octanol–water partition coefficient (Wildman–Crippen LogP) is 1.95. The van der Waals surface area contributed by atoms with Crippen LogP contribution in [0.3, 0.4) is 0 Å². The van der Waals surface area contributed by atoms with Gasteiger partial charge in [-0.05, 0) is 23.2 Å². The van der Waals surface area contributed by atoms with E-state index in [2.05, 4.69) is 20.6 Å². The third-order valence-corrected chi connectivity index (χ3v) is 3.54. The molecule has 0 aliphatic carbocycles. The minimum atomic E-state index is -0.562. The highest BCUT2D eigenvalue weighted by Crippen LogP contribution is 2.18. The first-order chi connectivity index (χ1) is 11.5. The standard InChI is InChI=1S/C16H14ClN5O2/c1-22(9-10-5-3-2-4-6-10)13-8-11(18-15(17)20-13)7-12-14(23)21-16(24)19-12/h2-8H,9H2,1H3,(H2,19,21,23,24)/b12-7+. The second-order valence-electron chi connectivity index (χ2n) is 5.23. The van der Waals surface area contributed by atoms with E-state index in [-0.39, 0.29) is 11.0 Å². The Bertz CT molecular complexity index is 822. The van der Waals surface area contributed by atoms with E-state index in [1.807, 2.05) is 42.3 Å². The SMILES string of the molecule is CN(Cc1ccccc1)c1cc(/C=C2/NC(=O)NC2=O)nc(Cl)n1. The number of benzene rings is 1. The Hall–Kier alpha value is -2.93. The van der Waals surface area contributed by atoms with Crippen molar-refractivity contribution in [2.75, 3.05) is 11.9 Å². The van der Waals surface area contributed by atoms with Crippen molar-refractivity contribution in [3.8, 4) is 0 Å². The number of amides is 3. The lowest BCUT2D eigenvalue weighted by Gasteiger charge is -2.18. The highest BCUT2D eigenvalue weighted by atomic mass is 35.5. The van der Waals surface area contributed by atoms with Crippen molar-refractivity contribution < 1.29 is 9.59 Å². The summed E-state index contributed by atoms with van der Waals surface area (Å²) in [4.78, 5) is 32.9. The van der Waals surface area contributed by atoms with Gasteiger partial charge in [0.25, 0.3) is 5.91 Å². The number of anilines is 1. The maximum absolute atomic E-state index is 11.6. The zero-order valence-corrected chi connectivity index (χ0v) is 13.5. The van der Waals surface area contributed by atoms with Gasteiger partial charge in [0.2, 0.25) is 5.28 Å². The molecular formula is C16H14ClN5O2. The van der Waals surface area contributed by atoms with Crippen molar-refractivity contribution >= 4 is 35.4 Å². The van der Waals surface area contributed by atoms with Gasteiger partial charge in [-0.15, -0.1) is 0 Å². The summed E-state index contributed by atoms with van der Waals surface area (Å²) in [5, 5.41) is 4.59. The second-order valence-corrected chi connectivity index (χ2v) is 5.57. The van der Waals surface area contributed by atoms with Gasteiger partial charge in [0, 0.05) is 19.7 Å². The first kappa shape index (κ1) is 15.9. The fraction of sp³-hybridized carbons (Fsp3) is 0.125. The van der Waals surface area contributed by atoms with Crippen molar-refractivity contribution in [2.24, 2.45) is 0 Å².